The quantitative estimate of drug-likeness (QED) is 0.796. The molecule has 2 fully saturated rings. The lowest BCUT2D eigenvalue weighted by molar-refractivity contribution is -0.134. The van der Waals surface area contributed by atoms with Gasteiger partial charge in [-0.2, -0.15) is 0 Å². The van der Waals surface area contributed by atoms with E-state index in [4.69, 9.17) is 0 Å². The summed E-state index contributed by atoms with van der Waals surface area (Å²) in [6.45, 7) is 4.27. The Morgan fingerprint density at radius 2 is 2.26 bits per heavy atom. The summed E-state index contributed by atoms with van der Waals surface area (Å²) in [6.07, 6.45) is 8.17. The van der Waals surface area contributed by atoms with Gasteiger partial charge in [0.25, 0.3) is 0 Å². The third-order valence-corrected chi connectivity index (χ3v) is 5.34. The molecule has 3 rings (SSSR count). The topological polar surface area (TPSA) is 53.5 Å². The van der Waals surface area contributed by atoms with E-state index in [1.54, 1.807) is 23.5 Å². The van der Waals surface area contributed by atoms with E-state index >= 15 is 0 Å². The number of rotatable bonds is 4. The van der Waals surface area contributed by atoms with Crippen LogP contribution in [-0.2, 0) is 9.59 Å². The van der Waals surface area contributed by atoms with Crippen molar-refractivity contribution in [3.05, 3.63) is 22.2 Å². The highest BCUT2D eigenvalue weighted by Crippen LogP contribution is 2.21. The summed E-state index contributed by atoms with van der Waals surface area (Å²) in [6, 6.07) is 0.153. The van der Waals surface area contributed by atoms with E-state index in [-0.39, 0.29) is 17.9 Å². The minimum Gasteiger partial charge on any atom is -0.341 e. The molecule has 2 saturated heterocycles. The highest BCUT2D eigenvalue weighted by Gasteiger charge is 2.30. The highest BCUT2D eigenvalue weighted by molar-refractivity contribution is 7.09. The van der Waals surface area contributed by atoms with Crippen LogP contribution in [0.3, 0.4) is 0 Å². The number of amides is 2. The second kappa shape index (κ2) is 7.25. The molecule has 0 aliphatic carbocycles. The van der Waals surface area contributed by atoms with Gasteiger partial charge in [-0.1, -0.05) is 0 Å². The van der Waals surface area contributed by atoms with Crippen molar-refractivity contribution in [3.8, 4) is 0 Å². The monoisotopic (exact) mass is 333 g/mol. The van der Waals surface area contributed by atoms with Gasteiger partial charge in [-0.05, 0) is 38.7 Å². The van der Waals surface area contributed by atoms with Crippen LogP contribution in [-0.4, -0.2) is 52.3 Å². The maximum atomic E-state index is 12.6. The van der Waals surface area contributed by atoms with Crippen molar-refractivity contribution in [1.29, 1.82) is 0 Å². The van der Waals surface area contributed by atoms with Crippen molar-refractivity contribution in [1.82, 2.24) is 14.8 Å². The molecule has 0 N–H and O–H groups in total. The summed E-state index contributed by atoms with van der Waals surface area (Å²) in [4.78, 5) is 32.6. The van der Waals surface area contributed by atoms with E-state index in [0.717, 1.165) is 49.5 Å². The molecule has 0 aromatic carbocycles. The van der Waals surface area contributed by atoms with Gasteiger partial charge >= 0.3 is 0 Å². The second-order valence-electron chi connectivity index (χ2n) is 6.25. The number of likely N-dealkylation sites (tertiary alicyclic amines) is 2. The first-order valence-corrected chi connectivity index (χ1v) is 9.20. The Kier molecular flexibility index (Phi) is 5.10. The standard InChI is InChI=1S/C17H23N3O2S/c1-13-18-14(12-23-13)7-8-17(22)20-10-3-2-5-15(20)11-19-9-4-6-16(19)21/h7-8,12,15H,2-6,9-11H2,1H3/b8-7+/t15-/m0/s1. The smallest absolute Gasteiger partial charge is 0.246 e. The number of hydrogen-bond donors (Lipinski definition) is 0. The molecular weight excluding hydrogens is 310 g/mol. The number of aromatic nitrogens is 1. The van der Waals surface area contributed by atoms with Crippen LogP contribution in [0.5, 0.6) is 0 Å². The number of nitrogens with zero attached hydrogens (tertiary/aromatic N) is 3. The number of aryl methyl sites for hydroxylation is 1. The Hall–Kier alpha value is -1.69. The number of carbonyl (C=O) groups excluding carboxylic acids is 2. The lowest BCUT2D eigenvalue weighted by atomic mass is 10.0. The summed E-state index contributed by atoms with van der Waals surface area (Å²) >= 11 is 1.58. The first kappa shape index (κ1) is 16.2. The van der Waals surface area contributed by atoms with Gasteiger partial charge in [0.15, 0.2) is 0 Å². The Morgan fingerprint density at radius 3 is 2.96 bits per heavy atom. The zero-order valence-electron chi connectivity index (χ0n) is 13.5. The lowest BCUT2D eigenvalue weighted by Crippen LogP contribution is -2.49. The Bertz CT molecular complexity index is 611. The molecule has 1 aromatic rings. The summed E-state index contributed by atoms with van der Waals surface area (Å²) in [7, 11) is 0. The van der Waals surface area contributed by atoms with Crippen LogP contribution in [0.25, 0.3) is 6.08 Å². The fourth-order valence-electron chi connectivity index (χ4n) is 3.34. The van der Waals surface area contributed by atoms with Crippen molar-refractivity contribution >= 4 is 29.2 Å². The number of piperidine rings is 1. The van der Waals surface area contributed by atoms with Crippen LogP contribution in [0.1, 0.15) is 42.8 Å². The van der Waals surface area contributed by atoms with Crippen molar-refractivity contribution in [3.63, 3.8) is 0 Å². The second-order valence-corrected chi connectivity index (χ2v) is 7.31. The fourth-order valence-corrected chi connectivity index (χ4v) is 3.92. The lowest BCUT2D eigenvalue weighted by Gasteiger charge is -2.37. The predicted octanol–water partition coefficient (Wildman–Crippen LogP) is 2.47. The zero-order chi connectivity index (χ0) is 16.2. The maximum absolute atomic E-state index is 12.6. The van der Waals surface area contributed by atoms with Crippen LogP contribution >= 0.6 is 11.3 Å². The van der Waals surface area contributed by atoms with Gasteiger partial charge in [-0.3, -0.25) is 9.59 Å². The van der Waals surface area contributed by atoms with Crippen LogP contribution < -0.4 is 0 Å². The molecule has 0 radical (unpaired) electrons. The van der Waals surface area contributed by atoms with Crippen LogP contribution in [0, 0.1) is 6.92 Å². The zero-order valence-corrected chi connectivity index (χ0v) is 14.3. The third kappa shape index (κ3) is 3.99. The maximum Gasteiger partial charge on any atom is 0.246 e. The summed E-state index contributed by atoms with van der Waals surface area (Å²) in [5, 5.41) is 2.95. The molecule has 1 aromatic heterocycles. The Balaban J connectivity index is 1.64. The molecule has 5 nitrogen and oxygen atoms in total. The van der Waals surface area contributed by atoms with Crippen LogP contribution in [0.2, 0.25) is 0 Å². The average molecular weight is 333 g/mol. The first-order valence-electron chi connectivity index (χ1n) is 8.32. The average Bonchev–Trinajstić information content (AvgIpc) is 3.14. The van der Waals surface area contributed by atoms with Crippen molar-refractivity contribution in [2.24, 2.45) is 0 Å². The molecule has 124 valence electrons. The van der Waals surface area contributed by atoms with Gasteiger partial charge in [-0.15, -0.1) is 11.3 Å². The first-order chi connectivity index (χ1) is 11.1. The molecular formula is C17H23N3O2S. The Labute approximate surface area is 141 Å². The van der Waals surface area contributed by atoms with Gasteiger partial charge in [0, 0.05) is 43.6 Å². The van der Waals surface area contributed by atoms with E-state index in [2.05, 4.69) is 4.98 Å². The minimum atomic E-state index is 0.0343. The van der Waals surface area contributed by atoms with Gasteiger partial charge in [0.1, 0.15) is 0 Å². The third-order valence-electron chi connectivity index (χ3n) is 4.55. The summed E-state index contributed by atoms with van der Waals surface area (Å²) in [5.74, 6) is 0.267. The number of hydrogen-bond acceptors (Lipinski definition) is 4. The van der Waals surface area contributed by atoms with Crippen LogP contribution in [0.15, 0.2) is 11.5 Å². The number of carbonyl (C=O) groups is 2. The molecule has 2 aliphatic rings. The molecule has 3 heterocycles. The van der Waals surface area contributed by atoms with E-state index in [9.17, 15) is 9.59 Å². The minimum absolute atomic E-state index is 0.0343. The largest absolute Gasteiger partial charge is 0.341 e. The summed E-state index contributed by atoms with van der Waals surface area (Å²) in [5.41, 5.74) is 0.837. The fraction of sp³-hybridized carbons (Fsp3) is 0.588. The van der Waals surface area contributed by atoms with E-state index in [1.807, 2.05) is 22.1 Å². The Morgan fingerprint density at radius 1 is 1.39 bits per heavy atom. The SMILES string of the molecule is Cc1nc(/C=C/C(=O)N2CCCC[C@H]2CN2CCCC2=O)cs1. The van der Waals surface area contributed by atoms with Gasteiger partial charge < -0.3 is 9.80 Å². The number of thiazole rings is 1. The molecule has 6 heteroatoms. The molecule has 2 aliphatic heterocycles. The van der Waals surface area contributed by atoms with Gasteiger partial charge in [-0.25, -0.2) is 4.98 Å². The summed E-state index contributed by atoms with van der Waals surface area (Å²) < 4.78 is 0. The molecule has 1 atom stereocenters. The molecule has 0 bridgehead atoms. The molecule has 0 unspecified atom stereocenters. The molecule has 23 heavy (non-hydrogen) atoms. The predicted molar refractivity (Wildman–Crippen MR) is 91.1 cm³/mol. The molecule has 0 spiro atoms. The van der Waals surface area contributed by atoms with E-state index < -0.39 is 0 Å². The van der Waals surface area contributed by atoms with Crippen molar-refractivity contribution < 1.29 is 9.59 Å². The van der Waals surface area contributed by atoms with Crippen molar-refractivity contribution in [2.75, 3.05) is 19.6 Å². The van der Waals surface area contributed by atoms with Gasteiger partial charge in [0.2, 0.25) is 11.8 Å². The van der Waals surface area contributed by atoms with E-state index in [0.29, 0.717) is 13.0 Å². The highest BCUT2D eigenvalue weighted by atomic mass is 32.1. The van der Waals surface area contributed by atoms with E-state index in [1.165, 1.54) is 0 Å². The van der Waals surface area contributed by atoms with Crippen molar-refractivity contribution in [2.45, 2.75) is 45.1 Å². The van der Waals surface area contributed by atoms with Crippen LogP contribution in [0.4, 0.5) is 0 Å². The molecule has 0 saturated carbocycles. The van der Waals surface area contributed by atoms with Gasteiger partial charge in [0.05, 0.1) is 10.7 Å². The normalized spacial score (nSPS) is 22.3. The molecule has 2 amide bonds.